The van der Waals surface area contributed by atoms with Crippen LogP contribution in [0.4, 0.5) is 10.3 Å². The Balaban J connectivity index is 2.05. The van der Waals surface area contributed by atoms with Crippen LogP contribution in [0, 0.1) is 0 Å². The lowest BCUT2D eigenvalue weighted by Gasteiger charge is -2.11. The molecule has 1 fully saturated rings. The van der Waals surface area contributed by atoms with Crippen LogP contribution in [0.15, 0.2) is 11.1 Å². The number of hydrogen-bond acceptors (Lipinski definition) is 6. The fourth-order valence-electron chi connectivity index (χ4n) is 2.18. The summed E-state index contributed by atoms with van der Waals surface area (Å²) in [7, 11) is 0. The first-order valence-electron chi connectivity index (χ1n) is 5.73. The summed E-state index contributed by atoms with van der Waals surface area (Å²) in [6.45, 7) is -0.217. The molecular formula is C10H12FN5O2S. The quantitative estimate of drug-likeness (QED) is 0.718. The summed E-state index contributed by atoms with van der Waals surface area (Å²) in [6, 6.07) is 0. The van der Waals surface area contributed by atoms with Crippen molar-refractivity contribution in [1.82, 2.24) is 19.5 Å². The molecular weight excluding hydrogens is 273 g/mol. The number of aromatic amines is 1. The van der Waals surface area contributed by atoms with Gasteiger partial charge < -0.3 is 15.4 Å². The van der Waals surface area contributed by atoms with Gasteiger partial charge in [0.05, 0.1) is 23.6 Å². The number of H-pyrrole nitrogens is 1. The fourth-order valence-corrected chi connectivity index (χ4v) is 3.53. The molecule has 0 saturated carbocycles. The molecule has 1 aliphatic rings. The van der Waals surface area contributed by atoms with Crippen LogP contribution in [0.5, 0.6) is 0 Å². The van der Waals surface area contributed by atoms with Gasteiger partial charge in [-0.2, -0.15) is 4.98 Å². The molecule has 0 aromatic carbocycles. The third-order valence-corrected chi connectivity index (χ3v) is 4.63. The highest BCUT2D eigenvalue weighted by Crippen LogP contribution is 2.43. The predicted molar refractivity (Wildman–Crippen MR) is 69.6 cm³/mol. The lowest BCUT2D eigenvalue weighted by Crippen LogP contribution is -2.16. The van der Waals surface area contributed by atoms with Gasteiger partial charge in [-0.1, -0.05) is 0 Å². The fraction of sp³-hybridized carbons (Fsp3) is 0.500. The topological polar surface area (TPSA) is 110 Å². The highest BCUT2D eigenvalue weighted by Gasteiger charge is 2.36. The Hall–Kier alpha value is -1.61. The standard InChI is InChI=1S/C10H12FN5O2S/c11-4-1-6(19-5(4)2-17)16-3-13-7-8(16)14-10(12)15-9(7)18/h3-6,17H,1-2H2,(H3,12,14,15,18)/t4-,5+,6+/m0/s1. The third-order valence-electron chi connectivity index (χ3n) is 3.10. The maximum absolute atomic E-state index is 13.7. The summed E-state index contributed by atoms with van der Waals surface area (Å²) in [5, 5.41) is 8.38. The molecule has 0 radical (unpaired) electrons. The second-order valence-electron chi connectivity index (χ2n) is 4.34. The second kappa shape index (κ2) is 4.49. The first-order valence-corrected chi connectivity index (χ1v) is 6.67. The van der Waals surface area contributed by atoms with Gasteiger partial charge in [0.1, 0.15) is 6.17 Å². The zero-order valence-electron chi connectivity index (χ0n) is 9.78. The lowest BCUT2D eigenvalue weighted by molar-refractivity contribution is 0.227. The number of nitrogen functional groups attached to an aromatic ring is 1. The van der Waals surface area contributed by atoms with E-state index in [1.54, 1.807) is 4.57 Å². The van der Waals surface area contributed by atoms with Gasteiger partial charge in [-0.05, 0) is 0 Å². The van der Waals surface area contributed by atoms with Crippen molar-refractivity contribution in [2.45, 2.75) is 23.2 Å². The van der Waals surface area contributed by atoms with Crippen molar-refractivity contribution in [3.63, 3.8) is 0 Å². The van der Waals surface area contributed by atoms with Gasteiger partial charge in [0, 0.05) is 6.42 Å². The van der Waals surface area contributed by atoms with Crippen molar-refractivity contribution < 1.29 is 9.50 Å². The minimum absolute atomic E-state index is 0.00208. The summed E-state index contributed by atoms with van der Waals surface area (Å²) in [4.78, 5) is 22.0. The van der Waals surface area contributed by atoms with Gasteiger partial charge in [-0.3, -0.25) is 9.78 Å². The summed E-state index contributed by atoms with van der Waals surface area (Å²) in [5.74, 6) is -0.00208. The van der Waals surface area contributed by atoms with Gasteiger partial charge >= 0.3 is 0 Å². The molecule has 0 unspecified atom stereocenters. The Morgan fingerprint density at radius 1 is 1.68 bits per heavy atom. The van der Waals surface area contributed by atoms with E-state index in [1.165, 1.54) is 18.1 Å². The zero-order valence-corrected chi connectivity index (χ0v) is 10.6. The van der Waals surface area contributed by atoms with E-state index in [0.29, 0.717) is 5.65 Å². The van der Waals surface area contributed by atoms with Crippen LogP contribution < -0.4 is 11.3 Å². The number of aliphatic hydroxyl groups is 1. The van der Waals surface area contributed by atoms with Gasteiger partial charge in [-0.15, -0.1) is 11.8 Å². The molecule has 0 aliphatic carbocycles. The molecule has 7 nitrogen and oxygen atoms in total. The number of imidazole rings is 1. The van der Waals surface area contributed by atoms with Crippen LogP contribution in [-0.2, 0) is 0 Å². The van der Waals surface area contributed by atoms with E-state index in [9.17, 15) is 9.18 Å². The number of halogens is 1. The van der Waals surface area contributed by atoms with E-state index in [1.807, 2.05) is 0 Å². The number of alkyl halides is 1. The number of hydrogen-bond donors (Lipinski definition) is 3. The van der Waals surface area contributed by atoms with Crippen LogP contribution in [-0.4, -0.2) is 42.7 Å². The van der Waals surface area contributed by atoms with E-state index in [0.717, 1.165) is 0 Å². The number of nitrogens with zero attached hydrogens (tertiary/aromatic N) is 3. The third kappa shape index (κ3) is 1.98. The smallest absolute Gasteiger partial charge is 0.280 e. The predicted octanol–water partition coefficient (Wildman–Crippen LogP) is 0.0363. The molecule has 102 valence electrons. The number of thioether (sulfide) groups is 1. The molecule has 3 atom stereocenters. The van der Waals surface area contributed by atoms with E-state index in [4.69, 9.17) is 10.8 Å². The van der Waals surface area contributed by atoms with Gasteiger partial charge in [0.25, 0.3) is 5.56 Å². The average Bonchev–Trinajstić information content (AvgIpc) is 2.92. The van der Waals surface area contributed by atoms with E-state index in [2.05, 4.69) is 15.0 Å². The molecule has 2 aromatic rings. The number of anilines is 1. The molecule has 1 aliphatic heterocycles. The molecule has 4 N–H and O–H groups in total. The molecule has 1 saturated heterocycles. The van der Waals surface area contributed by atoms with Crippen molar-refractivity contribution in [1.29, 1.82) is 0 Å². The van der Waals surface area contributed by atoms with Crippen molar-refractivity contribution in [2.75, 3.05) is 12.3 Å². The summed E-state index contributed by atoms with van der Waals surface area (Å²) in [5.41, 5.74) is 5.60. The Kier molecular flexibility index (Phi) is 2.94. The molecule has 3 heterocycles. The van der Waals surface area contributed by atoms with Crippen molar-refractivity contribution >= 4 is 28.9 Å². The molecule has 0 amide bonds. The molecule has 0 bridgehead atoms. The van der Waals surface area contributed by atoms with E-state index in [-0.39, 0.29) is 29.9 Å². The van der Waals surface area contributed by atoms with Crippen LogP contribution in [0.25, 0.3) is 11.2 Å². The molecule has 19 heavy (non-hydrogen) atoms. The van der Waals surface area contributed by atoms with Gasteiger partial charge in [-0.25, -0.2) is 9.37 Å². The number of aliphatic hydroxyl groups excluding tert-OH is 1. The molecule has 2 aromatic heterocycles. The molecule has 0 spiro atoms. The number of aromatic nitrogens is 4. The number of nitrogens with two attached hydrogens (primary N) is 1. The number of rotatable bonds is 2. The summed E-state index contributed by atoms with van der Waals surface area (Å²) >= 11 is 1.31. The van der Waals surface area contributed by atoms with Crippen molar-refractivity contribution in [3.8, 4) is 0 Å². The Bertz CT molecular complexity index is 671. The highest BCUT2D eigenvalue weighted by molar-refractivity contribution is 8.00. The maximum Gasteiger partial charge on any atom is 0.280 e. The minimum Gasteiger partial charge on any atom is -0.395 e. The van der Waals surface area contributed by atoms with Gasteiger partial charge in [0.15, 0.2) is 11.2 Å². The Morgan fingerprint density at radius 3 is 3.16 bits per heavy atom. The summed E-state index contributed by atoms with van der Waals surface area (Å²) < 4.78 is 15.3. The summed E-state index contributed by atoms with van der Waals surface area (Å²) in [6.07, 6.45) is 0.614. The largest absolute Gasteiger partial charge is 0.395 e. The van der Waals surface area contributed by atoms with Crippen LogP contribution in [0.3, 0.4) is 0 Å². The monoisotopic (exact) mass is 285 g/mol. The van der Waals surface area contributed by atoms with Crippen LogP contribution in [0.2, 0.25) is 0 Å². The first-order chi connectivity index (χ1) is 9.10. The maximum atomic E-state index is 13.7. The SMILES string of the molecule is Nc1nc2c(ncn2[C@H]2C[C@H](F)[C@@H](CO)S2)c(=O)[nH]1. The number of nitrogens with one attached hydrogen (secondary N) is 1. The molecule has 3 rings (SSSR count). The van der Waals surface area contributed by atoms with Crippen LogP contribution in [0.1, 0.15) is 11.8 Å². The Labute approximate surface area is 111 Å². The second-order valence-corrected chi connectivity index (χ2v) is 5.76. The van der Waals surface area contributed by atoms with E-state index < -0.39 is 17.0 Å². The average molecular weight is 285 g/mol. The van der Waals surface area contributed by atoms with Gasteiger partial charge in [0.2, 0.25) is 5.95 Å². The molecule has 9 heteroatoms. The highest BCUT2D eigenvalue weighted by atomic mass is 32.2. The van der Waals surface area contributed by atoms with Crippen LogP contribution >= 0.6 is 11.8 Å². The zero-order chi connectivity index (χ0) is 13.6. The Morgan fingerprint density at radius 2 is 2.47 bits per heavy atom. The minimum atomic E-state index is -1.09. The first kappa shape index (κ1) is 12.4. The van der Waals surface area contributed by atoms with Crippen molar-refractivity contribution in [3.05, 3.63) is 16.7 Å². The normalized spacial score (nSPS) is 27.2. The lowest BCUT2D eigenvalue weighted by atomic mass is 10.2. The number of fused-ring (bicyclic) bond motifs is 1. The van der Waals surface area contributed by atoms with E-state index >= 15 is 0 Å². The van der Waals surface area contributed by atoms with Crippen molar-refractivity contribution in [2.24, 2.45) is 0 Å².